The molecule has 0 aromatic heterocycles. The molecular formula is C19H22N2O2S. The van der Waals surface area contributed by atoms with Crippen molar-refractivity contribution in [2.45, 2.75) is 44.9 Å². The van der Waals surface area contributed by atoms with Crippen LogP contribution in [0, 0.1) is 25.2 Å². The van der Waals surface area contributed by atoms with Crippen LogP contribution in [0.4, 0.5) is 5.69 Å². The highest BCUT2D eigenvalue weighted by Crippen LogP contribution is 2.26. The number of nitrogens with one attached hydrogen (secondary N) is 1. The Labute approximate surface area is 144 Å². The molecule has 0 fully saturated rings. The van der Waals surface area contributed by atoms with Gasteiger partial charge < -0.3 is 0 Å². The number of nitrogens with zero attached hydrogens (tertiary/aromatic N) is 1. The minimum Gasteiger partial charge on any atom is -0.278 e. The third-order valence-electron chi connectivity index (χ3n) is 3.87. The van der Waals surface area contributed by atoms with E-state index in [0.717, 1.165) is 16.7 Å². The first kappa shape index (κ1) is 18.0. The summed E-state index contributed by atoms with van der Waals surface area (Å²) in [5, 5.41) is 9.30. The summed E-state index contributed by atoms with van der Waals surface area (Å²) >= 11 is 0. The normalized spacial score (nSPS) is 11.8. The molecule has 0 aliphatic rings. The van der Waals surface area contributed by atoms with Gasteiger partial charge in [-0.3, -0.25) is 4.72 Å². The molecule has 0 heterocycles. The number of anilines is 1. The fourth-order valence-corrected chi connectivity index (χ4v) is 3.60. The minimum absolute atomic E-state index is 0.0443. The third kappa shape index (κ3) is 3.77. The smallest absolute Gasteiger partial charge is 0.261 e. The Kier molecular flexibility index (Phi) is 4.73. The van der Waals surface area contributed by atoms with Crippen LogP contribution in [0.15, 0.2) is 41.3 Å². The molecule has 2 aromatic carbocycles. The van der Waals surface area contributed by atoms with Crippen molar-refractivity contribution < 1.29 is 8.42 Å². The van der Waals surface area contributed by atoms with Crippen LogP contribution in [-0.2, 0) is 15.4 Å². The second-order valence-electron chi connectivity index (χ2n) is 7.00. The molecule has 0 aliphatic heterocycles. The van der Waals surface area contributed by atoms with E-state index in [2.05, 4.69) is 31.6 Å². The third-order valence-corrected chi connectivity index (χ3v) is 5.25. The first-order valence-electron chi connectivity index (χ1n) is 7.69. The van der Waals surface area contributed by atoms with Crippen LogP contribution in [0.2, 0.25) is 0 Å². The number of nitriles is 1. The highest BCUT2D eigenvalue weighted by molar-refractivity contribution is 7.92. The van der Waals surface area contributed by atoms with Gasteiger partial charge in [0.2, 0.25) is 0 Å². The summed E-state index contributed by atoms with van der Waals surface area (Å²) in [6.07, 6.45) is 0. The van der Waals surface area contributed by atoms with Gasteiger partial charge in [0.05, 0.1) is 16.1 Å². The monoisotopic (exact) mass is 342 g/mol. The summed E-state index contributed by atoms with van der Waals surface area (Å²) in [5.41, 5.74) is 3.32. The number of hydrogen-bond donors (Lipinski definition) is 1. The molecule has 0 saturated carbocycles. The van der Waals surface area contributed by atoms with Gasteiger partial charge >= 0.3 is 0 Å². The van der Waals surface area contributed by atoms with E-state index in [0.29, 0.717) is 11.3 Å². The lowest BCUT2D eigenvalue weighted by Crippen LogP contribution is -2.16. The number of sulfonamides is 1. The largest absolute Gasteiger partial charge is 0.278 e. The number of hydrogen-bond acceptors (Lipinski definition) is 3. The van der Waals surface area contributed by atoms with Crippen molar-refractivity contribution in [3.63, 3.8) is 0 Å². The van der Waals surface area contributed by atoms with Crippen LogP contribution in [-0.4, -0.2) is 8.42 Å². The van der Waals surface area contributed by atoms with Gasteiger partial charge in [-0.1, -0.05) is 39.0 Å². The molecule has 0 amide bonds. The average molecular weight is 342 g/mol. The molecule has 4 nitrogen and oxygen atoms in total. The maximum absolute atomic E-state index is 12.6. The Bertz CT molecular complexity index is 900. The van der Waals surface area contributed by atoms with E-state index < -0.39 is 10.0 Å². The van der Waals surface area contributed by atoms with Crippen molar-refractivity contribution in [2.75, 3.05) is 4.72 Å². The minimum atomic E-state index is -3.74. The molecule has 2 rings (SSSR count). The van der Waals surface area contributed by atoms with Gasteiger partial charge in [-0.05, 0) is 54.2 Å². The zero-order valence-electron chi connectivity index (χ0n) is 14.6. The highest BCUT2D eigenvalue weighted by atomic mass is 32.2. The second-order valence-corrected chi connectivity index (χ2v) is 8.68. The van der Waals surface area contributed by atoms with E-state index in [4.69, 9.17) is 0 Å². The van der Waals surface area contributed by atoms with Gasteiger partial charge in [0.25, 0.3) is 10.0 Å². The number of aryl methyl sites for hydroxylation is 2. The van der Waals surface area contributed by atoms with E-state index in [9.17, 15) is 13.7 Å². The van der Waals surface area contributed by atoms with Gasteiger partial charge in [0.1, 0.15) is 6.07 Å². The van der Waals surface area contributed by atoms with Gasteiger partial charge in [-0.25, -0.2) is 8.42 Å². The standard InChI is InChI=1S/C19H22N2O2S/c1-13-10-14(2)17(12-20)18(11-13)21-24(22,23)16-8-6-15(7-9-16)19(3,4)5/h6-11,21H,1-5H3. The van der Waals surface area contributed by atoms with Crippen LogP contribution in [0.5, 0.6) is 0 Å². The molecular weight excluding hydrogens is 320 g/mol. The van der Waals surface area contributed by atoms with Crippen LogP contribution in [0.25, 0.3) is 0 Å². The van der Waals surface area contributed by atoms with Crippen molar-refractivity contribution in [1.29, 1.82) is 5.26 Å². The Morgan fingerprint density at radius 2 is 1.62 bits per heavy atom. The topological polar surface area (TPSA) is 70.0 Å². The Morgan fingerprint density at radius 3 is 2.12 bits per heavy atom. The predicted octanol–water partition coefficient (Wildman–Crippen LogP) is 4.27. The number of benzene rings is 2. The zero-order valence-corrected chi connectivity index (χ0v) is 15.5. The van der Waals surface area contributed by atoms with Crippen LogP contribution in [0.3, 0.4) is 0 Å². The zero-order chi connectivity index (χ0) is 18.1. The van der Waals surface area contributed by atoms with Crippen LogP contribution < -0.4 is 4.72 Å². The molecule has 0 unspecified atom stereocenters. The van der Waals surface area contributed by atoms with Gasteiger partial charge in [0.15, 0.2) is 0 Å². The van der Waals surface area contributed by atoms with Gasteiger partial charge in [-0.15, -0.1) is 0 Å². The van der Waals surface area contributed by atoms with Crippen molar-refractivity contribution >= 4 is 15.7 Å². The van der Waals surface area contributed by atoms with Gasteiger partial charge in [-0.2, -0.15) is 5.26 Å². The van der Waals surface area contributed by atoms with E-state index in [1.54, 1.807) is 25.1 Å². The molecule has 24 heavy (non-hydrogen) atoms. The summed E-state index contributed by atoms with van der Waals surface area (Å²) in [5.74, 6) is 0. The fraction of sp³-hybridized carbons (Fsp3) is 0.316. The maximum atomic E-state index is 12.6. The molecule has 0 atom stereocenters. The lowest BCUT2D eigenvalue weighted by Gasteiger charge is -2.19. The van der Waals surface area contributed by atoms with Crippen molar-refractivity contribution in [1.82, 2.24) is 0 Å². The Morgan fingerprint density at radius 1 is 1.04 bits per heavy atom. The lowest BCUT2D eigenvalue weighted by atomic mass is 9.87. The molecule has 0 spiro atoms. The molecule has 0 radical (unpaired) electrons. The first-order valence-corrected chi connectivity index (χ1v) is 9.17. The summed E-state index contributed by atoms with van der Waals surface area (Å²) < 4.78 is 27.8. The molecule has 5 heteroatoms. The molecule has 1 N–H and O–H groups in total. The molecule has 0 saturated heterocycles. The summed E-state index contributed by atoms with van der Waals surface area (Å²) in [6.45, 7) is 9.88. The van der Waals surface area contributed by atoms with Gasteiger partial charge in [0, 0.05) is 0 Å². The SMILES string of the molecule is Cc1cc(C)c(C#N)c(NS(=O)(=O)c2ccc(C(C)(C)C)cc2)c1. The average Bonchev–Trinajstić information content (AvgIpc) is 2.45. The lowest BCUT2D eigenvalue weighted by molar-refractivity contribution is 0.587. The van der Waals surface area contributed by atoms with E-state index in [1.807, 2.05) is 25.1 Å². The summed E-state index contributed by atoms with van der Waals surface area (Å²) in [6, 6.07) is 12.4. The van der Waals surface area contributed by atoms with E-state index >= 15 is 0 Å². The highest BCUT2D eigenvalue weighted by Gasteiger charge is 2.19. The summed E-state index contributed by atoms with van der Waals surface area (Å²) in [7, 11) is -3.74. The van der Waals surface area contributed by atoms with Crippen molar-refractivity contribution in [3.8, 4) is 6.07 Å². The Hall–Kier alpha value is -2.32. The molecule has 126 valence electrons. The quantitative estimate of drug-likeness (QED) is 0.905. The van der Waals surface area contributed by atoms with Crippen molar-refractivity contribution in [3.05, 3.63) is 58.7 Å². The summed E-state index contributed by atoms with van der Waals surface area (Å²) in [4.78, 5) is 0.179. The first-order chi connectivity index (χ1) is 11.0. The van der Waals surface area contributed by atoms with E-state index in [-0.39, 0.29) is 10.3 Å². The molecule has 0 bridgehead atoms. The van der Waals surface area contributed by atoms with E-state index in [1.165, 1.54) is 0 Å². The maximum Gasteiger partial charge on any atom is 0.261 e. The Balaban J connectivity index is 2.41. The van der Waals surface area contributed by atoms with Crippen LogP contribution >= 0.6 is 0 Å². The molecule has 0 aliphatic carbocycles. The fourth-order valence-electron chi connectivity index (χ4n) is 2.53. The molecule has 2 aromatic rings. The van der Waals surface area contributed by atoms with Crippen molar-refractivity contribution in [2.24, 2.45) is 0 Å². The second kappa shape index (κ2) is 6.29. The van der Waals surface area contributed by atoms with Crippen LogP contribution in [0.1, 0.15) is 43.0 Å². The predicted molar refractivity (Wildman–Crippen MR) is 96.6 cm³/mol. The number of rotatable bonds is 3.